The molecule has 0 amide bonds. The van der Waals surface area contributed by atoms with Gasteiger partial charge in [-0.1, -0.05) is 19.4 Å². The summed E-state index contributed by atoms with van der Waals surface area (Å²) in [5.74, 6) is 0.189. The summed E-state index contributed by atoms with van der Waals surface area (Å²) >= 11 is 1.60. The van der Waals surface area contributed by atoms with Gasteiger partial charge >= 0.3 is 0 Å². The Balaban J connectivity index is 1.95. The highest BCUT2D eigenvalue weighted by Gasteiger charge is 2.24. The molecule has 0 aromatic carbocycles. The lowest BCUT2D eigenvalue weighted by Crippen LogP contribution is -2.43. The van der Waals surface area contributed by atoms with Crippen LogP contribution < -0.4 is 10.0 Å². The summed E-state index contributed by atoms with van der Waals surface area (Å²) in [5, 5.41) is 5.27. The first-order valence-corrected chi connectivity index (χ1v) is 9.40. The first kappa shape index (κ1) is 15.0. The van der Waals surface area contributed by atoms with E-state index < -0.39 is 10.0 Å². The largest absolute Gasteiger partial charge is 0.313 e. The van der Waals surface area contributed by atoms with Crippen molar-refractivity contribution in [1.82, 2.24) is 10.0 Å². The van der Waals surface area contributed by atoms with Crippen LogP contribution in [0.1, 0.15) is 43.5 Å². The number of sulfonamides is 1. The van der Waals surface area contributed by atoms with E-state index >= 15 is 0 Å². The van der Waals surface area contributed by atoms with Crippen LogP contribution in [0.5, 0.6) is 0 Å². The molecule has 0 bridgehead atoms. The van der Waals surface area contributed by atoms with Crippen molar-refractivity contribution in [1.29, 1.82) is 0 Å². The van der Waals surface area contributed by atoms with Crippen LogP contribution >= 0.6 is 11.3 Å². The van der Waals surface area contributed by atoms with Gasteiger partial charge in [0.15, 0.2) is 0 Å². The minimum Gasteiger partial charge on any atom is -0.313 e. The highest BCUT2D eigenvalue weighted by molar-refractivity contribution is 7.89. The maximum Gasteiger partial charge on any atom is 0.213 e. The van der Waals surface area contributed by atoms with Crippen molar-refractivity contribution in [3.63, 3.8) is 0 Å². The van der Waals surface area contributed by atoms with Crippen molar-refractivity contribution in [3.8, 4) is 0 Å². The van der Waals surface area contributed by atoms with E-state index in [1.54, 1.807) is 11.3 Å². The molecular formula is C13H22N2O2S2. The molecule has 0 radical (unpaired) electrons. The van der Waals surface area contributed by atoms with Crippen molar-refractivity contribution in [2.45, 2.75) is 44.7 Å². The Morgan fingerprint density at radius 2 is 2.37 bits per heavy atom. The quantitative estimate of drug-likeness (QED) is 0.847. The monoisotopic (exact) mass is 302 g/mol. The Bertz CT molecular complexity index is 465. The summed E-state index contributed by atoms with van der Waals surface area (Å²) in [6, 6.07) is 3.96. The molecule has 2 atom stereocenters. The van der Waals surface area contributed by atoms with Gasteiger partial charge in [0.05, 0.1) is 11.8 Å². The molecule has 0 aliphatic carbocycles. The van der Waals surface area contributed by atoms with Gasteiger partial charge in [-0.15, -0.1) is 11.3 Å². The maximum absolute atomic E-state index is 12.2. The predicted molar refractivity (Wildman–Crippen MR) is 79.9 cm³/mol. The molecule has 4 nitrogen and oxygen atoms in total. The maximum atomic E-state index is 12.2. The van der Waals surface area contributed by atoms with Crippen molar-refractivity contribution >= 4 is 21.4 Å². The third kappa shape index (κ3) is 4.56. The van der Waals surface area contributed by atoms with Gasteiger partial charge < -0.3 is 5.32 Å². The number of nitrogens with one attached hydrogen (secondary N) is 2. The van der Waals surface area contributed by atoms with Gasteiger partial charge in [0.25, 0.3) is 0 Å². The molecule has 2 heterocycles. The minimum absolute atomic E-state index is 0.0893. The second-order valence-corrected chi connectivity index (χ2v) is 7.80. The summed E-state index contributed by atoms with van der Waals surface area (Å²) < 4.78 is 27.3. The standard InChI is InChI=1S/C13H22N2O2S2/c1-2-12(13-7-5-9-18-13)15-19(16,17)10-11-6-3-4-8-14-11/h5,7,9,11-12,14-15H,2-4,6,8,10H2,1H3. The highest BCUT2D eigenvalue weighted by Crippen LogP contribution is 2.22. The van der Waals surface area contributed by atoms with Crippen molar-refractivity contribution in [3.05, 3.63) is 22.4 Å². The van der Waals surface area contributed by atoms with E-state index in [0.717, 1.165) is 37.1 Å². The van der Waals surface area contributed by atoms with Gasteiger partial charge in [0.2, 0.25) is 10.0 Å². The average Bonchev–Trinajstić information content (AvgIpc) is 2.90. The predicted octanol–water partition coefficient (Wildman–Crippen LogP) is 2.26. The van der Waals surface area contributed by atoms with Gasteiger partial charge in [0, 0.05) is 10.9 Å². The van der Waals surface area contributed by atoms with E-state index in [1.807, 2.05) is 24.4 Å². The Labute approximate surface area is 119 Å². The molecule has 1 aliphatic rings. The zero-order chi connectivity index (χ0) is 13.7. The van der Waals surface area contributed by atoms with Crippen molar-refractivity contribution in [2.75, 3.05) is 12.3 Å². The molecule has 2 N–H and O–H groups in total. The fourth-order valence-corrected chi connectivity index (χ4v) is 5.00. The minimum atomic E-state index is -3.22. The molecule has 1 aromatic heterocycles. The van der Waals surface area contributed by atoms with Crippen LogP contribution in [0, 0.1) is 0 Å². The Hall–Kier alpha value is -0.430. The van der Waals surface area contributed by atoms with E-state index in [0.29, 0.717) is 0 Å². The third-order valence-corrected chi connectivity index (χ3v) is 5.92. The Morgan fingerprint density at radius 1 is 1.53 bits per heavy atom. The smallest absolute Gasteiger partial charge is 0.213 e. The average molecular weight is 302 g/mol. The first-order chi connectivity index (χ1) is 9.11. The lowest BCUT2D eigenvalue weighted by Gasteiger charge is -2.24. The topological polar surface area (TPSA) is 58.2 Å². The fourth-order valence-electron chi connectivity index (χ4n) is 2.43. The number of thiophene rings is 1. The van der Waals surface area contributed by atoms with Crippen molar-refractivity contribution in [2.24, 2.45) is 0 Å². The molecule has 1 aromatic rings. The molecule has 1 fully saturated rings. The lowest BCUT2D eigenvalue weighted by molar-refractivity contribution is 0.421. The molecule has 1 saturated heterocycles. The summed E-state index contributed by atoms with van der Waals surface area (Å²) in [4.78, 5) is 1.09. The van der Waals surface area contributed by atoms with Crippen LogP contribution in [-0.2, 0) is 10.0 Å². The highest BCUT2D eigenvalue weighted by atomic mass is 32.2. The van der Waals surface area contributed by atoms with Gasteiger partial charge in [-0.25, -0.2) is 13.1 Å². The molecule has 1 aliphatic heterocycles. The fraction of sp³-hybridized carbons (Fsp3) is 0.692. The normalized spacial score (nSPS) is 22.3. The van der Waals surface area contributed by atoms with Crippen LogP contribution in [0.2, 0.25) is 0 Å². The van der Waals surface area contributed by atoms with Crippen molar-refractivity contribution < 1.29 is 8.42 Å². The Morgan fingerprint density at radius 3 is 2.95 bits per heavy atom. The third-order valence-electron chi connectivity index (χ3n) is 3.45. The van der Waals surface area contributed by atoms with Gasteiger partial charge in [-0.2, -0.15) is 0 Å². The second kappa shape index (κ2) is 6.83. The van der Waals surface area contributed by atoms with Crippen LogP contribution in [-0.4, -0.2) is 26.8 Å². The van der Waals surface area contributed by atoms with E-state index in [1.165, 1.54) is 0 Å². The SMILES string of the molecule is CCC(NS(=O)(=O)CC1CCCCN1)c1cccs1. The molecule has 0 spiro atoms. The molecule has 6 heteroatoms. The van der Waals surface area contributed by atoms with Crippen LogP contribution in [0.25, 0.3) is 0 Å². The zero-order valence-electron chi connectivity index (χ0n) is 11.3. The molecule has 2 unspecified atom stereocenters. The lowest BCUT2D eigenvalue weighted by atomic mass is 10.1. The molecule has 108 valence electrons. The van der Waals surface area contributed by atoms with E-state index in [2.05, 4.69) is 10.0 Å². The molecule has 0 saturated carbocycles. The van der Waals surface area contributed by atoms with Gasteiger partial charge in [-0.3, -0.25) is 0 Å². The summed E-state index contributed by atoms with van der Waals surface area (Å²) in [6.07, 6.45) is 4.00. The van der Waals surface area contributed by atoms with Gasteiger partial charge in [-0.05, 0) is 37.3 Å². The molecular weight excluding hydrogens is 280 g/mol. The summed E-state index contributed by atoms with van der Waals surface area (Å²) in [6.45, 7) is 2.94. The summed E-state index contributed by atoms with van der Waals surface area (Å²) in [7, 11) is -3.22. The van der Waals surface area contributed by atoms with Crippen LogP contribution in [0.15, 0.2) is 17.5 Å². The van der Waals surface area contributed by atoms with E-state index in [9.17, 15) is 8.42 Å². The second-order valence-electron chi connectivity index (χ2n) is 5.02. The summed E-state index contributed by atoms with van der Waals surface area (Å²) in [5.41, 5.74) is 0. The number of piperidine rings is 1. The van der Waals surface area contributed by atoms with Crippen LogP contribution in [0.4, 0.5) is 0 Å². The zero-order valence-corrected chi connectivity index (χ0v) is 12.9. The van der Waals surface area contributed by atoms with Gasteiger partial charge in [0.1, 0.15) is 0 Å². The molecule has 2 rings (SSSR count). The van der Waals surface area contributed by atoms with Crippen LogP contribution in [0.3, 0.4) is 0 Å². The first-order valence-electron chi connectivity index (χ1n) is 6.87. The number of hydrogen-bond donors (Lipinski definition) is 2. The van der Waals surface area contributed by atoms with E-state index in [4.69, 9.17) is 0 Å². The number of rotatable bonds is 6. The van der Waals surface area contributed by atoms with E-state index in [-0.39, 0.29) is 17.8 Å². The number of hydrogen-bond acceptors (Lipinski definition) is 4. The molecule has 19 heavy (non-hydrogen) atoms. The Kier molecular flexibility index (Phi) is 5.38.